The molecule has 1 aliphatic rings. The van der Waals surface area contributed by atoms with Crippen LogP contribution in [0.15, 0.2) is 42.5 Å². The van der Waals surface area contributed by atoms with Crippen molar-refractivity contribution in [3.05, 3.63) is 53.6 Å². The van der Waals surface area contributed by atoms with Gasteiger partial charge in [-0.25, -0.2) is 4.79 Å². The summed E-state index contributed by atoms with van der Waals surface area (Å²) >= 11 is 0. The molecule has 2 unspecified atom stereocenters. The minimum absolute atomic E-state index is 0.0167. The molecule has 0 bridgehead atoms. The highest BCUT2D eigenvalue weighted by Crippen LogP contribution is 2.39. The Morgan fingerprint density at radius 1 is 0.969 bits per heavy atom. The van der Waals surface area contributed by atoms with E-state index in [0.29, 0.717) is 34.1 Å². The average molecular weight is 441 g/mol. The lowest BCUT2D eigenvalue weighted by molar-refractivity contribution is -0.150. The minimum Gasteiger partial charge on any atom is -0.493 e. The molecule has 2 aromatic carbocycles. The van der Waals surface area contributed by atoms with Gasteiger partial charge in [-0.3, -0.25) is 14.5 Å². The number of rotatable bonds is 7. The van der Waals surface area contributed by atoms with Crippen LogP contribution in [0.2, 0.25) is 0 Å². The number of hydrogen-bond acceptors (Lipinski definition) is 6. The van der Waals surface area contributed by atoms with Gasteiger partial charge in [0.15, 0.2) is 11.5 Å². The summed E-state index contributed by atoms with van der Waals surface area (Å²) in [5.41, 5.74) is 1.50. The molecule has 0 aliphatic carbocycles. The highest BCUT2D eigenvalue weighted by Gasteiger charge is 2.45. The summed E-state index contributed by atoms with van der Waals surface area (Å²) in [6.45, 7) is 0. The zero-order valence-electron chi connectivity index (χ0n) is 17.8. The molecule has 1 heterocycles. The SMILES string of the molecule is COc1cc(C=CC(=O)N2c3ccccc3CC(C(=O)O)C2C(=O)O)cc(OC)c1OC. The number of nitrogens with zero attached hydrogens (tertiary/aromatic N) is 1. The molecular formula is C23H23NO8. The van der Waals surface area contributed by atoms with Crippen LogP contribution in [0, 0.1) is 5.92 Å². The summed E-state index contributed by atoms with van der Waals surface area (Å²) in [7, 11) is 4.40. The van der Waals surface area contributed by atoms with Crippen LogP contribution in [-0.4, -0.2) is 55.4 Å². The number of ether oxygens (including phenoxy) is 3. The van der Waals surface area contributed by atoms with E-state index in [1.807, 2.05) is 0 Å². The van der Waals surface area contributed by atoms with Crippen molar-refractivity contribution in [3.8, 4) is 17.2 Å². The summed E-state index contributed by atoms with van der Waals surface area (Å²) in [6, 6.07) is 8.39. The highest BCUT2D eigenvalue weighted by molar-refractivity contribution is 6.09. The Morgan fingerprint density at radius 3 is 2.12 bits per heavy atom. The Balaban J connectivity index is 2.02. The number of hydrogen-bond donors (Lipinski definition) is 2. The Hall–Kier alpha value is -4.01. The lowest BCUT2D eigenvalue weighted by Gasteiger charge is -2.37. The zero-order valence-corrected chi connectivity index (χ0v) is 17.8. The number of para-hydroxylation sites is 1. The van der Waals surface area contributed by atoms with Gasteiger partial charge >= 0.3 is 11.9 Å². The number of carbonyl (C=O) groups excluding carboxylic acids is 1. The second-order valence-electron chi connectivity index (χ2n) is 7.06. The van der Waals surface area contributed by atoms with E-state index < -0.39 is 29.8 Å². The second kappa shape index (κ2) is 9.42. The number of aliphatic carboxylic acids is 2. The maximum absolute atomic E-state index is 13.1. The van der Waals surface area contributed by atoms with Gasteiger partial charge in [0.1, 0.15) is 6.04 Å². The molecule has 2 N–H and O–H groups in total. The van der Waals surface area contributed by atoms with E-state index in [0.717, 1.165) is 4.90 Å². The number of amides is 1. The van der Waals surface area contributed by atoms with Crippen molar-refractivity contribution in [2.75, 3.05) is 26.2 Å². The molecule has 3 rings (SSSR count). The van der Waals surface area contributed by atoms with Crippen LogP contribution in [0.5, 0.6) is 17.2 Å². The van der Waals surface area contributed by atoms with Crippen molar-refractivity contribution in [1.82, 2.24) is 0 Å². The van der Waals surface area contributed by atoms with Crippen molar-refractivity contribution in [1.29, 1.82) is 0 Å². The molecule has 0 spiro atoms. The fourth-order valence-corrected chi connectivity index (χ4v) is 3.80. The van der Waals surface area contributed by atoms with Gasteiger partial charge in [0.2, 0.25) is 5.75 Å². The molecule has 1 aliphatic heterocycles. The molecule has 2 aromatic rings. The number of carboxylic acids is 2. The first kappa shape index (κ1) is 22.7. The molecule has 168 valence electrons. The highest BCUT2D eigenvalue weighted by atomic mass is 16.5. The average Bonchev–Trinajstić information content (AvgIpc) is 2.80. The number of carboxylic acid groups (broad SMARTS) is 2. The standard InChI is InChI=1S/C23H23NO8/c1-30-17-10-13(11-18(31-2)21(17)32-3)8-9-19(25)24-16-7-5-4-6-14(16)12-15(22(26)27)20(24)23(28)29/h4-11,15,20H,12H2,1-3H3,(H,26,27)(H,28,29). The fraction of sp³-hybridized carbons (Fsp3) is 0.261. The van der Waals surface area contributed by atoms with Crippen molar-refractivity contribution >= 4 is 29.6 Å². The largest absolute Gasteiger partial charge is 0.493 e. The Morgan fingerprint density at radius 2 is 1.59 bits per heavy atom. The van der Waals surface area contributed by atoms with Gasteiger partial charge in [0.25, 0.3) is 5.91 Å². The van der Waals surface area contributed by atoms with E-state index in [4.69, 9.17) is 14.2 Å². The van der Waals surface area contributed by atoms with Crippen LogP contribution >= 0.6 is 0 Å². The molecule has 0 fully saturated rings. The molecular weight excluding hydrogens is 418 g/mol. The minimum atomic E-state index is -1.54. The van der Waals surface area contributed by atoms with Crippen LogP contribution in [0.1, 0.15) is 11.1 Å². The first-order valence-corrected chi connectivity index (χ1v) is 9.67. The Bertz CT molecular complexity index is 1050. The number of anilines is 1. The first-order chi connectivity index (χ1) is 15.3. The maximum atomic E-state index is 13.1. The van der Waals surface area contributed by atoms with Gasteiger partial charge in [0.05, 0.1) is 27.2 Å². The monoisotopic (exact) mass is 441 g/mol. The summed E-state index contributed by atoms with van der Waals surface area (Å²) in [5.74, 6) is -3.45. The molecule has 0 aromatic heterocycles. The molecule has 0 radical (unpaired) electrons. The third kappa shape index (κ3) is 4.22. The first-order valence-electron chi connectivity index (χ1n) is 9.67. The lowest BCUT2D eigenvalue weighted by Crippen LogP contribution is -2.54. The summed E-state index contributed by atoms with van der Waals surface area (Å²) in [5, 5.41) is 19.4. The van der Waals surface area contributed by atoms with E-state index in [2.05, 4.69) is 0 Å². The summed E-state index contributed by atoms with van der Waals surface area (Å²) in [4.78, 5) is 37.9. The lowest BCUT2D eigenvalue weighted by atomic mass is 9.85. The molecule has 32 heavy (non-hydrogen) atoms. The zero-order chi connectivity index (χ0) is 23.4. The molecule has 2 atom stereocenters. The van der Waals surface area contributed by atoms with Crippen LogP contribution < -0.4 is 19.1 Å². The Labute approximate surface area is 184 Å². The predicted octanol–water partition coefficient (Wildman–Crippen LogP) is 2.47. The van der Waals surface area contributed by atoms with Gasteiger partial charge in [0, 0.05) is 11.8 Å². The molecule has 0 saturated carbocycles. The topological polar surface area (TPSA) is 123 Å². The van der Waals surface area contributed by atoms with Gasteiger partial charge in [-0.1, -0.05) is 18.2 Å². The number of methoxy groups -OCH3 is 3. The quantitative estimate of drug-likeness (QED) is 0.629. The Kier molecular flexibility index (Phi) is 6.67. The normalized spacial score (nSPS) is 17.5. The summed E-state index contributed by atoms with van der Waals surface area (Å²) in [6.07, 6.45) is 2.68. The number of carbonyl (C=O) groups is 3. The van der Waals surface area contributed by atoms with E-state index in [1.54, 1.807) is 36.4 Å². The van der Waals surface area contributed by atoms with Crippen LogP contribution in [-0.2, 0) is 20.8 Å². The van der Waals surface area contributed by atoms with Gasteiger partial charge < -0.3 is 24.4 Å². The molecule has 1 amide bonds. The third-order valence-corrected chi connectivity index (χ3v) is 5.26. The van der Waals surface area contributed by atoms with Gasteiger partial charge in [-0.05, 0) is 41.8 Å². The number of fused-ring (bicyclic) bond motifs is 1. The van der Waals surface area contributed by atoms with Crippen molar-refractivity contribution in [3.63, 3.8) is 0 Å². The van der Waals surface area contributed by atoms with Gasteiger partial charge in [-0.15, -0.1) is 0 Å². The molecule has 9 heteroatoms. The smallest absolute Gasteiger partial charge is 0.327 e. The summed E-state index contributed by atoms with van der Waals surface area (Å²) < 4.78 is 15.9. The molecule has 0 saturated heterocycles. The van der Waals surface area contributed by atoms with Crippen LogP contribution in [0.25, 0.3) is 6.08 Å². The van der Waals surface area contributed by atoms with Crippen LogP contribution in [0.4, 0.5) is 5.69 Å². The van der Waals surface area contributed by atoms with Crippen molar-refractivity contribution in [2.24, 2.45) is 5.92 Å². The van der Waals surface area contributed by atoms with Crippen molar-refractivity contribution in [2.45, 2.75) is 12.5 Å². The fourth-order valence-electron chi connectivity index (χ4n) is 3.80. The molecule has 9 nitrogen and oxygen atoms in total. The van der Waals surface area contributed by atoms with E-state index in [1.165, 1.54) is 33.5 Å². The number of benzene rings is 2. The maximum Gasteiger partial charge on any atom is 0.327 e. The van der Waals surface area contributed by atoms with Crippen molar-refractivity contribution < 1.29 is 38.8 Å². The van der Waals surface area contributed by atoms with Crippen LogP contribution in [0.3, 0.4) is 0 Å². The van der Waals surface area contributed by atoms with E-state index in [9.17, 15) is 24.6 Å². The van der Waals surface area contributed by atoms with E-state index >= 15 is 0 Å². The van der Waals surface area contributed by atoms with Gasteiger partial charge in [-0.2, -0.15) is 0 Å². The van der Waals surface area contributed by atoms with E-state index in [-0.39, 0.29) is 6.42 Å². The third-order valence-electron chi connectivity index (χ3n) is 5.26. The predicted molar refractivity (Wildman–Crippen MR) is 115 cm³/mol. The second-order valence-corrected chi connectivity index (χ2v) is 7.06.